The molecule has 2 aromatic rings. The lowest BCUT2D eigenvalue weighted by Gasteiger charge is -2.32. The molecule has 0 unspecified atom stereocenters. The highest BCUT2D eigenvalue weighted by Crippen LogP contribution is 2.19. The van der Waals surface area contributed by atoms with E-state index in [-0.39, 0.29) is 0 Å². The number of likely N-dealkylation sites (tertiary alicyclic amines) is 1. The highest BCUT2D eigenvalue weighted by Gasteiger charge is 2.20. The van der Waals surface area contributed by atoms with Gasteiger partial charge < -0.3 is 0 Å². The Balaban J connectivity index is 1.71. The van der Waals surface area contributed by atoms with Crippen LogP contribution < -0.4 is 0 Å². The maximum Gasteiger partial charge on any atom is 0.141 e. The van der Waals surface area contributed by atoms with Gasteiger partial charge in [-0.05, 0) is 44.0 Å². The number of hydrogen-bond acceptors (Lipinski definition) is 3. The van der Waals surface area contributed by atoms with Crippen molar-refractivity contribution in [1.29, 1.82) is 0 Å². The van der Waals surface area contributed by atoms with Crippen molar-refractivity contribution in [2.75, 3.05) is 6.54 Å². The summed E-state index contributed by atoms with van der Waals surface area (Å²) in [7, 11) is 0. The van der Waals surface area contributed by atoms with Gasteiger partial charge in [0.2, 0.25) is 0 Å². The van der Waals surface area contributed by atoms with Crippen LogP contribution in [0.15, 0.2) is 30.6 Å². The molecule has 1 saturated heterocycles. The molecule has 5 heteroatoms. The zero-order chi connectivity index (χ0) is 14.7. The molecular formula is C16H21ClN4. The van der Waals surface area contributed by atoms with Crippen LogP contribution in [0, 0.1) is 0 Å². The average Bonchev–Trinajstić information content (AvgIpc) is 2.89. The second kappa shape index (κ2) is 6.58. The van der Waals surface area contributed by atoms with Gasteiger partial charge in [0.1, 0.15) is 12.2 Å². The largest absolute Gasteiger partial charge is 0.293 e. The molecule has 1 aliphatic heterocycles. The number of halogens is 1. The van der Waals surface area contributed by atoms with Crippen LogP contribution in [0.25, 0.3) is 0 Å². The molecule has 112 valence electrons. The van der Waals surface area contributed by atoms with E-state index in [1.54, 1.807) is 6.33 Å². The van der Waals surface area contributed by atoms with Crippen LogP contribution in [0.4, 0.5) is 0 Å². The van der Waals surface area contributed by atoms with Crippen molar-refractivity contribution in [3.05, 3.63) is 47.0 Å². The van der Waals surface area contributed by atoms with Gasteiger partial charge in [0.15, 0.2) is 0 Å². The Morgan fingerprint density at radius 2 is 2.19 bits per heavy atom. The Morgan fingerprint density at radius 3 is 3.00 bits per heavy atom. The van der Waals surface area contributed by atoms with Gasteiger partial charge in [-0.25, -0.2) is 9.67 Å². The molecule has 0 saturated carbocycles. The molecule has 1 atom stereocenters. The van der Waals surface area contributed by atoms with Crippen LogP contribution in [0.3, 0.4) is 0 Å². The van der Waals surface area contributed by atoms with Crippen LogP contribution in [-0.4, -0.2) is 32.3 Å². The predicted molar refractivity (Wildman–Crippen MR) is 84.3 cm³/mol. The number of nitrogens with zero attached hydrogens (tertiary/aromatic N) is 4. The highest BCUT2D eigenvalue weighted by atomic mass is 35.5. The van der Waals surface area contributed by atoms with Crippen molar-refractivity contribution < 1.29 is 0 Å². The molecule has 4 nitrogen and oxygen atoms in total. The Morgan fingerprint density at radius 1 is 1.29 bits per heavy atom. The van der Waals surface area contributed by atoms with E-state index in [1.165, 1.54) is 19.3 Å². The molecule has 0 N–H and O–H groups in total. The number of hydrogen-bond donors (Lipinski definition) is 0. The standard InChI is InChI=1S/C16H21ClN4/c1-13-5-2-3-8-20(13)11-16-18-12-19-21(16)10-14-6-4-7-15(17)9-14/h4,6-7,9,12-13H,2-3,5,8,10-11H2,1H3/t13-/m1/s1. The van der Waals surface area contributed by atoms with E-state index in [0.29, 0.717) is 6.04 Å². The molecule has 0 radical (unpaired) electrons. The van der Waals surface area contributed by atoms with Crippen LogP contribution in [0.1, 0.15) is 37.6 Å². The molecule has 0 aliphatic carbocycles. The third-order valence-electron chi connectivity index (χ3n) is 4.20. The normalized spacial score (nSPS) is 19.8. The summed E-state index contributed by atoms with van der Waals surface area (Å²) in [5.41, 5.74) is 1.15. The summed E-state index contributed by atoms with van der Waals surface area (Å²) in [6, 6.07) is 8.55. The van der Waals surface area contributed by atoms with Gasteiger partial charge in [-0.1, -0.05) is 30.2 Å². The molecule has 0 spiro atoms. The molecular weight excluding hydrogens is 284 g/mol. The van der Waals surface area contributed by atoms with Gasteiger partial charge in [-0.2, -0.15) is 5.10 Å². The van der Waals surface area contributed by atoms with Crippen molar-refractivity contribution >= 4 is 11.6 Å². The SMILES string of the molecule is C[C@@H]1CCCCN1Cc1ncnn1Cc1cccc(Cl)c1. The molecule has 1 fully saturated rings. The molecule has 2 heterocycles. The van der Waals surface area contributed by atoms with Crippen LogP contribution >= 0.6 is 11.6 Å². The fraction of sp³-hybridized carbons (Fsp3) is 0.500. The Kier molecular flexibility index (Phi) is 4.56. The number of rotatable bonds is 4. The van der Waals surface area contributed by atoms with E-state index >= 15 is 0 Å². The minimum atomic E-state index is 0.634. The number of aromatic nitrogens is 3. The highest BCUT2D eigenvalue weighted by molar-refractivity contribution is 6.30. The van der Waals surface area contributed by atoms with E-state index in [4.69, 9.17) is 11.6 Å². The smallest absolute Gasteiger partial charge is 0.141 e. The van der Waals surface area contributed by atoms with Gasteiger partial charge in [0, 0.05) is 11.1 Å². The lowest BCUT2D eigenvalue weighted by molar-refractivity contribution is 0.146. The maximum absolute atomic E-state index is 6.05. The molecule has 1 aromatic heterocycles. The average molecular weight is 305 g/mol. The van der Waals surface area contributed by atoms with Gasteiger partial charge in [-0.15, -0.1) is 0 Å². The first-order valence-corrected chi connectivity index (χ1v) is 7.95. The fourth-order valence-electron chi connectivity index (χ4n) is 2.93. The van der Waals surface area contributed by atoms with Crippen molar-refractivity contribution in [1.82, 2.24) is 19.7 Å². The Labute approximate surface area is 130 Å². The number of benzene rings is 1. The second-order valence-electron chi connectivity index (χ2n) is 5.78. The molecule has 0 bridgehead atoms. The minimum absolute atomic E-state index is 0.634. The van der Waals surface area contributed by atoms with Crippen molar-refractivity contribution in [3.8, 4) is 0 Å². The Bertz CT molecular complexity index is 595. The van der Waals surface area contributed by atoms with Crippen molar-refractivity contribution in [2.45, 2.75) is 45.3 Å². The predicted octanol–water partition coefficient (Wildman–Crippen LogP) is 3.35. The first kappa shape index (κ1) is 14.5. The number of piperidine rings is 1. The first-order valence-electron chi connectivity index (χ1n) is 7.57. The van der Waals surface area contributed by atoms with E-state index in [9.17, 15) is 0 Å². The zero-order valence-electron chi connectivity index (χ0n) is 12.4. The van der Waals surface area contributed by atoms with Gasteiger partial charge in [0.25, 0.3) is 0 Å². The van der Waals surface area contributed by atoms with Gasteiger partial charge in [0.05, 0.1) is 13.1 Å². The van der Waals surface area contributed by atoms with Gasteiger partial charge in [-0.3, -0.25) is 4.90 Å². The second-order valence-corrected chi connectivity index (χ2v) is 6.22. The van der Waals surface area contributed by atoms with Crippen LogP contribution in [-0.2, 0) is 13.1 Å². The van der Waals surface area contributed by atoms with Gasteiger partial charge >= 0.3 is 0 Å². The quantitative estimate of drug-likeness (QED) is 0.868. The molecule has 3 rings (SSSR count). The van der Waals surface area contributed by atoms with E-state index in [0.717, 1.165) is 36.0 Å². The molecule has 0 amide bonds. The molecule has 21 heavy (non-hydrogen) atoms. The summed E-state index contributed by atoms with van der Waals surface area (Å²) in [5.74, 6) is 1.03. The fourth-order valence-corrected chi connectivity index (χ4v) is 3.14. The monoisotopic (exact) mass is 304 g/mol. The summed E-state index contributed by atoms with van der Waals surface area (Å²) < 4.78 is 1.98. The molecule has 1 aromatic carbocycles. The lowest BCUT2D eigenvalue weighted by Crippen LogP contribution is -2.37. The third kappa shape index (κ3) is 3.63. The minimum Gasteiger partial charge on any atom is -0.293 e. The maximum atomic E-state index is 6.05. The van der Waals surface area contributed by atoms with Crippen LogP contribution in [0.5, 0.6) is 0 Å². The summed E-state index contributed by atoms with van der Waals surface area (Å²) in [5, 5.41) is 5.13. The zero-order valence-corrected chi connectivity index (χ0v) is 13.1. The summed E-state index contributed by atoms with van der Waals surface area (Å²) in [6.07, 6.45) is 5.55. The van der Waals surface area contributed by atoms with Crippen molar-refractivity contribution in [3.63, 3.8) is 0 Å². The lowest BCUT2D eigenvalue weighted by atomic mass is 10.0. The molecule has 1 aliphatic rings. The van der Waals surface area contributed by atoms with E-state index in [1.807, 2.05) is 22.9 Å². The van der Waals surface area contributed by atoms with E-state index in [2.05, 4.69) is 28.0 Å². The van der Waals surface area contributed by atoms with Crippen molar-refractivity contribution in [2.24, 2.45) is 0 Å². The summed E-state index contributed by atoms with van der Waals surface area (Å²) in [6.45, 7) is 5.06. The third-order valence-corrected chi connectivity index (χ3v) is 4.44. The summed E-state index contributed by atoms with van der Waals surface area (Å²) >= 11 is 6.05. The van der Waals surface area contributed by atoms with E-state index < -0.39 is 0 Å². The topological polar surface area (TPSA) is 34.0 Å². The Hall–Kier alpha value is -1.39. The summed E-state index contributed by atoms with van der Waals surface area (Å²) in [4.78, 5) is 6.94. The van der Waals surface area contributed by atoms with Crippen LogP contribution in [0.2, 0.25) is 5.02 Å². The first-order chi connectivity index (χ1) is 10.2.